The number of benzene rings is 3. The molecule has 0 fully saturated rings. The number of fused-ring (bicyclic) bond motifs is 3. The van der Waals surface area contributed by atoms with Crippen LogP contribution in [0, 0.1) is 22.7 Å². The van der Waals surface area contributed by atoms with Gasteiger partial charge in [-0.1, -0.05) is 72.8 Å². The van der Waals surface area contributed by atoms with E-state index < -0.39 is 10.8 Å². The number of methoxy groups -OCH3 is 2. The third-order valence-corrected chi connectivity index (χ3v) is 8.37. The fourth-order valence-electron chi connectivity index (χ4n) is 6.72. The lowest BCUT2D eigenvalue weighted by atomic mass is 9.46. The summed E-state index contributed by atoms with van der Waals surface area (Å²) in [5, 5.41) is 21.9. The molecule has 0 saturated heterocycles. The Morgan fingerprint density at radius 1 is 0.757 bits per heavy atom. The summed E-state index contributed by atoms with van der Waals surface area (Å²) in [6, 6.07) is 29.7. The highest BCUT2D eigenvalue weighted by molar-refractivity contribution is 5.73. The number of rotatable bonds is 4. The Balaban J connectivity index is 1.70. The molecular formula is C33H26N2O2. The molecule has 37 heavy (non-hydrogen) atoms. The smallest absolute Gasteiger partial charge is 0.123 e. The summed E-state index contributed by atoms with van der Waals surface area (Å²) >= 11 is 0. The van der Waals surface area contributed by atoms with E-state index in [0.29, 0.717) is 6.42 Å². The van der Waals surface area contributed by atoms with Gasteiger partial charge in [0.25, 0.3) is 0 Å². The Morgan fingerprint density at radius 3 is 1.97 bits per heavy atom. The normalized spacial score (nSPS) is 26.9. The summed E-state index contributed by atoms with van der Waals surface area (Å²) in [6.45, 7) is 0. The van der Waals surface area contributed by atoms with Crippen LogP contribution in [0.5, 0.6) is 11.5 Å². The molecule has 0 heterocycles. The van der Waals surface area contributed by atoms with E-state index in [9.17, 15) is 10.5 Å². The van der Waals surface area contributed by atoms with E-state index >= 15 is 0 Å². The maximum Gasteiger partial charge on any atom is 0.123 e. The second kappa shape index (κ2) is 8.54. The molecule has 0 amide bonds. The zero-order valence-corrected chi connectivity index (χ0v) is 20.8. The zero-order chi connectivity index (χ0) is 25.6. The maximum atomic E-state index is 11.1. The van der Waals surface area contributed by atoms with Crippen molar-refractivity contribution < 1.29 is 9.47 Å². The van der Waals surface area contributed by atoms with Crippen molar-refractivity contribution in [3.63, 3.8) is 0 Å². The average Bonchev–Trinajstić information content (AvgIpc) is 3.14. The minimum absolute atomic E-state index is 0.0603. The Hall–Kier alpha value is -4.54. The van der Waals surface area contributed by atoms with Crippen LogP contribution >= 0.6 is 0 Å². The van der Waals surface area contributed by atoms with Gasteiger partial charge in [-0.05, 0) is 64.1 Å². The molecule has 6 rings (SSSR count). The lowest BCUT2D eigenvalue weighted by Crippen LogP contribution is -2.49. The Bertz CT molecular complexity index is 1550. The van der Waals surface area contributed by atoms with Gasteiger partial charge >= 0.3 is 0 Å². The third kappa shape index (κ3) is 3.06. The van der Waals surface area contributed by atoms with Crippen LogP contribution in [0.4, 0.5) is 0 Å². The first-order valence-electron chi connectivity index (χ1n) is 12.4. The second-order valence-corrected chi connectivity index (χ2v) is 9.82. The molecule has 2 unspecified atom stereocenters. The molecule has 0 saturated carbocycles. The molecule has 3 aromatic carbocycles. The molecule has 3 aliphatic rings. The predicted molar refractivity (Wildman–Crippen MR) is 142 cm³/mol. The van der Waals surface area contributed by atoms with Crippen LogP contribution in [0.3, 0.4) is 0 Å². The summed E-state index contributed by atoms with van der Waals surface area (Å²) < 4.78 is 10.9. The first-order chi connectivity index (χ1) is 18.1. The lowest BCUT2D eigenvalue weighted by molar-refractivity contribution is 0.376. The fraction of sp³-hybridized carbons (Fsp3) is 0.212. The summed E-state index contributed by atoms with van der Waals surface area (Å²) in [5.41, 5.74) is 4.08. The minimum atomic E-state index is -0.953. The van der Waals surface area contributed by atoms with Gasteiger partial charge in [0.15, 0.2) is 0 Å². The topological polar surface area (TPSA) is 66.0 Å². The average molecular weight is 483 g/mol. The molecule has 0 aliphatic heterocycles. The van der Waals surface area contributed by atoms with Crippen LogP contribution < -0.4 is 9.47 Å². The van der Waals surface area contributed by atoms with E-state index in [4.69, 9.17) is 9.47 Å². The molecule has 0 aromatic heterocycles. The van der Waals surface area contributed by atoms with Crippen molar-refractivity contribution in [2.75, 3.05) is 14.2 Å². The maximum absolute atomic E-state index is 11.1. The van der Waals surface area contributed by atoms with Crippen LogP contribution in [0.25, 0.3) is 0 Å². The quantitative estimate of drug-likeness (QED) is 0.418. The Morgan fingerprint density at radius 2 is 1.38 bits per heavy atom. The molecule has 0 radical (unpaired) electrons. The summed E-state index contributed by atoms with van der Waals surface area (Å²) in [7, 11) is 3.32. The van der Waals surface area contributed by atoms with Crippen LogP contribution in [0.2, 0.25) is 0 Å². The molecule has 4 heteroatoms. The monoisotopic (exact) mass is 482 g/mol. The highest BCUT2D eigenvalue weighted by atomic mass is 16.5. The number of nitrogens with zero attached hydrogens (tertiary/aromatic N) is 2. The van der Waals surface area contributed by atoms with Crippen LogP contribution in [0.1, 0.15) is 40.5 Å². The molecular weight excluding hydrogens is 456 g/mol. The van der Waals surface area contributed by atoms with Crippen molar-refractivity contribution >= 4 is 0 Å². The summed E-state index contributed by atoms with van der Waals surface area (Å²) in [4.78, 5) is 0. The van der Waals surface area contributed by atoms with Gasteiger partial charge < -0.3 is 9.47 Å². The van der Waals surface area contributed by atoms with Crippen molar-refractivity contribution in [3.8, 4) is 23.6 Å². The third-order valence-electron chi connectivity index (χ3n) is 8.37. The molecule has 4 atom stereocenters. The molecule has 3 aliphatic carbocycles. The number of allylic oxidation sites excluding steroid dienone is 6. The number of hydrogen-bond acceptors (Lipinski definition) is 4. The van der Waals surface area contributed by atoms with Crippen LogP contribution in [-0.4, -0.2) is 14.2 Å². The van der Waals surface area contributed by atoms with Crippen molar-refractivity contribution in [1.82, 2.24) is 0 Å². The van der Waals surface area contributed by atoms with Gasteiger partial charge in [0.05, 0.1) is 26.4 Å². The van der Waals surface area contributed by atoms with E-state index in [1.165, 1.54) is 0 Å². The van der Waals surface area contributed by atoms with Crippen molar-refractivity contribution in [2.24, 2.45) is 0 Å². The van der Waals surface area contributed by atoms with E-state index in [-0.39, 0.29) is 11.8 Å². The van der Waals surface area contributed by atoms with Crippen molar-refractivity contribution in [2.45, 2.75) is 29.1 Å². The number of ether oxygens (including phenoxy) is 2. The number of hydrogen-bond donors (Lipinski definition) is 0. The molecule has 0 spiro atoms. The van der Waals surface area contributed by atoms with E-state index in [1.54, 1.807) is 14.2 Å². The molecule has 4 nitrogen and oxygen atoms in total. The highest BCUT2D eigenvalue weighted by Gasteiger charge is 2.60. The van der Waals surface area contributed by atoms with Crippen LogP contribution in [0.15, 0.2) is 108 Å². The molecule has 3 aromatic rings. The Labute approximate surface area is 217 Å². The SMILES string of the molecule is COc1ccc([C@@H]2C[C@H](c3ccc(OC)cc3)C3(C#N)C4=C2C(C#N)(C=CC=C4)c2ccccc23)cc1. The van der Waals surface area contributed by atoms with Crippen molar-refractivity contribution in [3.05, 3.63) is 131 Å². The highest BCUT2D eigenvalue weighted by Crippen LogP contribution is 2.65. The van der Waals surface area contributed by atoms with Gasteiger partial charge in [-0.15, -0.1) is 0 Å². The minimum Gasteiger partial charge on any atom is -0.497 e. The van der Waals surface area contributed by atoms with Gasteiger partial charge in [-0.25, -0.2) is 0 Å². The Kier molecular flexibility index (Phi) is 5.28. The lowest BCUT2D eigenvalue weighted by Gasteiger charge is -2.53. The number of nitriles is 2. The van der Waals surface area contributed by atoms with Gasteiger partial charge in [0.2, 0.25) is 0 Å². The molecule has 180 valence electrons. The molecule has 4 bridgehead atoms. The fourth-order valence-corrected chi connectivity index (χ4v) is 6.72. The first-order valence-corrected chi connectivity index (χ1v) is 12.4. The van der Waals surface area contributed by atoms with Gasteiger partial charge in [0.1, 0.15) is 22.3 Å². The van der Waals surface area contributed by atoms with Gasteiger partial charge in [-0.2, -0.15) is 10.5 Å². The largest absolute Gasteiger partial charge is 0.497 e. The van der Waals surface area contributed by atoms with Gasteiger partial charge in [-0.3, -0.25) is 0 Å². The van der Waals surface area contributed by atoms with Crippen molar-refractivity contribution in [1.29, 1.82) is 10.5 Å². The standard InChI is InChI=1S/C33H26N2O2/c1-36-24-14-10-22(11-15-24)26-19-30(23-12-16-25(37-2)17-13-23)33(21-35)28-8-4-3-7-27(28)32(20-34)18-6-5-9-29(33)31(26)32/h3-18,26,30H,19H2,1-2H3/t26-,30+,32?,33?/m0/s1. The van der Waals surface area contributed by atoms with E-state index in [2.05, 4.69) is 42.5 Å². The van der Waals surface area contributed by atoms with E-state index in [1.807, 2.05) is 66.8 Å². The first kappa shape index (κ1) is 22.9. The van der Waals surface area contributed by atoms with Gasteiger partial charge in [0, 0.05) is 11.8 Å². The van der Waals surface area contributed by atoms with E-state index in [0.717, 1.165) is 44.9 Å². The van der Waals surface area contributed by atoms with Crippen LogP contribution in [-0.2, 0) is 10.8 Å². The summed E-state index contributed by atoms with van der Waals surface area (Å²) in [5.74, 6) is 1.38. The zero-order valence-electron chi connectivity index (χ0n) is 20.8. The second-order valence-electron chi connectivity index (χ2n) is 9.82. The summed E-state index contributed by atoms with van der Waals surface area (Å²) in [6.07, 6.45) is 8.71. The predicted octanol–water partition coefficient (Wildman–Crippen LogP) is 6.63. The molecule has 0 N–H and O–H groups in total.